The summed E-state index contributed by atoms with van der Waals surface area (Å²) in [4.78, 5) is 6.40. The quantitative estimate of drug-likeness (QED) is 0.313. The zero-order valence-electron chi connectivity index (χ0n) is 14.6. The van der Waals surface area contributed by atoms with Crippen LogP contribution < -0.4 is 0 Å². The van der Waals surface area contributed by atoms with E-state index in [0.29, 0.717) is 0 Å². The largest absolute Gasteiger partial charge is 0.394 e. The van der Waals surface area contributed by atoms with Gasteiger partial charge in [0.05, 0.1) is 12.7 Å². The third kappa shape index (κ3) is 3.02. The number of aliphatic hydroxyl groups is 4. The van der Waals surface area contributed by atoms with Gasteiger partial charge in [0, 0.05) is 40.1 Å². The SMILES string of the molecule is OC[C@@H](O)[C@@H](O)[C@@H](O)C(c1c[nH]c2ccccc12)c1c[nH]c2ccccc12. The van der Waals surface area contributed by atoms with Crippen molar-refractivity contribution in [1.29, 1.82) is 0 Å². The molecule has 2 aromatic heterocycles. The van der Waals surface area contributed by atoms with E-state index in [-0.39, 0.29) is 0 Å². The van der Waals surface area contributed by atoms with Gasteiger partial charge in [0.25, 0.3) is 0 Å². The lowest BCUT2D eigenvalue weighted by Crippen LogP contribution is -2.42. The number of aromatic amines is 2. The van der Waals surface area contributed by atoms with Gasteiger partial charge in [0.15, 0.2) is 0 Å². The van der Waals surface area contributed by atoms with Crippen molar-refractivity contribution in [2.24, 2.45) is 0 Å². The van der Waals surface area contributed by atoms with Crippen LogP contribution in [-0.4, -0.2) is 55.3 Å². The molecular weight excluding hydrogens is 344 g/mol. The number of fused-ring (bicyclic) bond motifs is 2. The molecule has 0 radical (unpaired) electrons. The molecular formula is C21H22N2O4. The van der Waals surface area contributed by atoms with Gasteiger partial charge < -0.3 is 30.4 Å². The van der Waals surface area contributed by atoms with Crippen LogP contribution in [0.25, 0.3) is 21.8 Å². The Labute approximate surface area is 155 Å². The number of benzene rings is 2. The molecule has 27 heavy (non-hydrogen) atoms. The van der Waals surface area contributed by atoms with Crippen molar-refractivity contribution in [2.45, 2.75) is 24.2 Å². The predicted molar refractivity (Wildman–Crippen MR) is 104 cm³/mol. The molecule has 0 unspecified atom stereocenters. The summed E-state index contributed by atoms with van der Waals surface area (Å²) in [5.41, 5.74) is 3.46. The number of aliphatic hydroxyl groups excluding tert-OH is 4. The Morgan fingerprint density at radius 1 is 0.704 bits per heavy atom. The summed E-state index contributed by atoms with van der Waals surface area (Å²) in [6.07, 6.45) is -0.609. The van der Waals surface area contributed by atoms with Crippen LogP contribution in [0, 0.1) is 0 Å². The molecule has 6 heteroatoms. The fourth-order valence-corrected chi connectivity index (χ4v) is 3.77. The van der Waals surface area contributed by atoms with E-state index >= 15 is 0 Å². The molecule has 6 nitrogen and oxygen atoms in total. The van der Waals surface area contributed by atoms with Crippen LogP contribution in [0.5, 0.6) is 0 Å². The first kappa shape index (κ1) is 17.8. The van der Waals surface area contributed by atoms with Crippen molar-refractivity contribution in [3.63, 3.8) is 0 Å². The molecule has 0 fully saturated rings. The Balaban J connectivity index is 1.90. The molecule has 0 saturated heterocycles. The second-order valence-electron chi connectivity index (χ2n) is 6.79. The van der Waals surface area contributed by atoms with Crippen molar-refractivity contribution >= 4 is 21.8 Å². The highest BCUT2D eigenvalue weighted by atomic mass is 16.4. The van der Waals surface area contributed by atoms with Crippen molar-refractivity contribution in [1.82, 2.24) is 9.97 Å². The molecule has 0 saturated carbocycles. The average molecular weight is 366 g/mol. The predicted octanol–water partition coefficient (Wildman–Crippen LogP) is 1.86. The summed E-state index contributed by atoms with van der Waals surface area (Å²) >= 11 is 0. The van der Waals surface area contributed by atoms with Gasteiger partial charge in [-0.1, -0.05) is 36.4 Å². The number of rotatable bonds is 6. The lowest BCUT2D eigenvalue weighted by atomic mass is 9.83. The van der Waals surface area contributed by atoms with Crippen LogP contribution in [-0.2, 0) is 0 Å². The molecule has 0 aliphatic heterocycles. The van der Waals surface area contributed by atoms with Gasteiger partial charge in [-0.3, -0.25) is 0 Å². The zero-order valence-corrected chi connectivity index (χ0v) is 14.6. The molecule has 0 bridgehead atoms. The number of nitrogens with one attached hydrogen (secondary N) is 2. The smallest absolute Gasteiger partial charge is 0.109 e. The number of hydrogen-bond donors (Lipinski definition) is 6. The number of H-pyrrole nitrogens is 2. The van der Waals surface area contributed by atoms with Crippen LogP contribution in [0.3, 0.4) is 0 Å². The van der Waals surface area contributed by atoms with Crippen molar-refractivity contribution in [2.75, 3.05) is 6.61 Å². The van der Waals surface area contributed by atoms with Crippen LogP contribution in [0.1, 0.15) is 17.0 Å². The molecule has 4 aromatic rings. The van der Waals surface area contributed by atoms with Crippen molar-refractivity contribution in [3.8, 4) is 0 Å². The van der Waals surface area contributed by atoms with E-state index in [1.807, 2.05) is 60.9 Å². The van der Waals surface area contributed by atoms with Gasteiger partial charge in [-0.2, -0.15) is 0 Å². The first-order valence-corrected chi connectivity index (χ1v) is 8.89. The van der Waals surface area contributed by atoms with Gasteiger partial charge in [-0.25, -0.2) is 0 Å². The molecule has 140 valence electrons. The first-order chi connectivity index (χ1) is 13.1. The summed E-state index contributed by atoms with van der Waals surface area (Å²) in [5.74, 6) is -0.603. The third-order valence-corrected chi connectivity index (χ3v) is 5.19. The van der Waals surface area contributed by atoms with Crippen LogP contribution >= 0.6 is 0 Å². The molecule has 0 aliphatic rings. The number of para-hydroxylation sites is 2. The first-order valence-electron chi connectivity index (χ1n) is 8.89. The Bertz CT molecular complexity index is 980. The maximum absolute atomic E-state index is 11.0. The summed E-state index contributed by atoms with van der Waals surface area (Å²) in [6.45, 7) is -0.632. The number of hydrogen-bond acceptors (Lipinski definition) is 4. The fraction of sp³-hybridized carbons (Fsp3) is 0.238. The Morgan fingerprint density at radius 2 is 1.19 bits per heavy atom. The van der Waals surface area contributed by atoms with Crippen molar-refractivity contribution < 1.29 is 20.4 Å². The van der Waals surface area contributed by atoms with Crippen LogP contribution in [0.4, 0.5) is 0 Å². The van der Waals surface area contributed by atoms with E-state index in [4.69, 9.17) is 0 Å². The maximum atomic E-state index is 11.0. The highest BCUT2D eigenvalue weighted by Crippen LogP contribution is 2.38. The fourth-order valence-electron chi connectivity index (χ4n) is 3.77. The molecule has 4 rings (SSSR count). The summed E-state index contributed by atoms with van der Waals surface area (Å²) in [5, 5.41) is 42.4. The summed E-state index contributed by atoms with van der Waals surface area (Å²) in [7, 11) is 0. The Hall–Kier alpha value is -2.64. The minimum absolute atomic E-state index is 0.603. The van der Waals surface area contributed by atoms with Crippen LogP contribution in [0.15, 0.2) is 60.9 Å². The van der Waals surface area contributed by atoms with E-state index in [0.717, 1.165) is 32.9 Å². The maximum Gasteiger partial charge on any atom is 0.109 e. The van der Waals surface area contributed by atoms with Gasteiger partial charge in [0.1, 0.15) is 12.2 Å². The lowest BCUT2D eigenvalue weighted by molar-refractivity contribution is -0.0804. The van der Waals surface area contributed by atoms with E-state index in [9.17, 15) is 20.4 Å². The average Bonchev–Trinajstić information content (AvgIpc) is 3.32. The van der Waals surface area contributed by atoms with Crippen molar-refractivity contribution in [3.05, 3.63) is 72.1 Å². The van der Waals surface area contributed by atoms with Gasteiger partial charge >= 0.3 is 0 Å². The molecule has 3 atom stereocenters. The standard InChI is InChI=1S/C21H22N2O4/c24-11-18(25)20(26)21(27)19(14-9-22-16-7-3-1-5-12(14)16)15-10-23-17-8-4-2-6-13(15)17/h1-10,18-27H,11H2/t18-,20-,21+/m1/s1. The second-order valence-corrected chi connectivity index (χ2v) is 6.79. The zero-order chi connectivity index (χ0) is 19.0. The van der Waals surface area contributed by atoms with Gasteiger partial charge in [0.2, 0.25) is 0 Å². The van der Waals surface area contributed by atoms with Gasteiger partial charge in [-0.15, -0.1) is 0 Å². The molecule has 6 N–H and O–H groups in total. The molecule has 0 amide bonds. The minimum atomic E-state index is -1.50. The lowest BCUT2D eigenvalue weighted by Gasteiger charge is -2.29. The Morgan fingerprint density at radius 3 is 1.67 bits per heavy atom. The summed E-state index contributed by atoms with van der Waals surface area (Å²) in [6, 6.07) is 15.4. The normalized spacial score (nSPS) is 15.4. The highest BCUT2D eigenvalue weighted by molar-refractivity contribution is 5.88. The van der Waals surface area contributed by atoms with Crippen LogP contribution in [0.2, 0.25) is 0 Å². The molecule has 2 heterocycles. The van der Waals surface area contributed by atoms with E-state index in [2.05, 4.69) is 9.97 Å². The highest BCUT2D eigenvalue weighted by Gasteiger charge is 2.35. The molecule has 0 spiro atoms. The number of aromatic nitrogens is 2. The van der Waals surface area contributed by atoms with E-state index < -0.39 is 30.8 Å². The monoisotopic (exact) mass is 366 g/mol. The summed E-state index contributed by atoms with van der Waals surface area (Å²) < 4.78 is 0. The molecule has 0 aliphatic carbocycles. The topological polar surface area (TPSA) is 112 Å². The Kier molecular flexibility index (Phi) is 4.72. The van der Waals surface area contributed by atoms with E-state index in [1.165, 1.54) is 0 Å². The minimum Gasteiger partial charge on any atom is -0.394 e. The van der Waals surface area contributed by atoms with Gasteiger partial charge in [-0.05, 0) is 23.3 Å². The van der Waals surface area contributed by atoms with E-state index in [1.54, 1.807) is 0 Å². The second kappa shape index (κ2) is 7.17. The third-order valence-electron chi connectivity index (χ3n) is 5.19. The molecule has 2 aromatic carbocycles.